The number of carbonyl (C=O) groups excluding carboxylic acids is 1. The summed E-state index contributed by atoms with van der Waals surface area (Å²) >= 11 is 0. The molecule has 1 aromatic carbocycles. The van der Waals surface area contributed by atoms with Crippen LogP contribution in [0.4, 0.5) is 4.39 Å². The topological polar surface area (TPSA) is 29.1 Å². The molecular formula is C14H18FNO. The van der Waals surface area contributed by atoms with Crippen molar-refractivity contribution in [2.45, 2.75) is 38.1 Å². The molecule has 2 rings (SSSR count). The molecule has 1 N–H and O–H groups in total. The van der Waals surface area contributed by atoms with E-state index < -0.39 is 0 Å². The van der Waals surface area contributed by atoms with Crippen LogP contribution < -0.4 is 5.32 Å². The number of hydrogen-bond acceptors (Lipinski definition) is 2. The zero-order chi connectivity index (χ0) is 12.1. The first-order valence-electron chi connectivity index (χ1n) is 6.26. The maximum atomic E-state index is 13.0. The zero-order valence-corrected chi connectivity index (χ0v) is 9.92. The van der Waals surface area contributed by atoms with Crippen LogP contribution in [0.25, 0.3) is 0 Å². The van der Waals surface area contributed by atoms with Crippen molar-refractivity contribution in [3.8, 4) is 0 Å². The summed E-state index contributed by atoms with van der Waals surface area (Å²) < 4.78 is 13.0. The number of carbonyl (C=O) groups is 1. The van der Waals surface area contributed by atoms with Gasteiger partial charge < -0.3 is 5.32 Å². The van der Waals surface area contributed by atoms with E-state index in [-0.39, 0.29) is 17.6 Å². The second-order valence-electron chi connectivity index (χ2n) is 4.63. The van der Waals surface area contributed by atoms with E-state index in [1.807, 2.05) is 0 Å². The largest absolute Gasteiger partial charge is 0.307 e. The van der Waals surface area contributed by atoms with Gasteiger partial charge in [-0.3, -0.25) is 4.79 Å². The summed E-state index contributed by atoms with van der Waals surface area (Å²) in [5.74, 6) is -0.0957. The van der Waals surface area contributed by atoms with Gasteiger partial charge in [-0.2, -0.15) is 0 Å². The highest BCUT2D eigenvalue weighted by molar-refractivity contribution is 5.86. The van der Waals surface area contributed by atoms with Gasteiger partial charge in [0, 0.05) is 6.42 Å². The number of rotatable bonds is 3. The Morgan fingerprint density at radius 1 is 1.35 bits per heavy atom. The van der Waals surface area contributed by atoms with E-state index in [1.165, 1.54) is 18.6 Å². The van der Waals surface area contributed by atoms with Crippen molar-refractivity contribution in [3.05, 3.63) is 35.6 Å². The first-order valence-corrected chi connectivity index (χ1v) is 6.26. The molecule has 0 amide bonds. The van der Waals surface area contributed by atoms with Crippen LogP contribution in [0.15, 0.2) is 24.3 Å². The molecule has 1 saturated heterocycles. The maximum absolute atomic E-state index is 13.0. The van der Waals surface area contributed by atoms with Gasteiger partial charge in [0.1, 0.15) is 5.82 Å². The third-order valence-electron chi connectivity index (χ3n) is 3.22. The lowest BCUT2D eigenvalue weighted by Crippen LogP contribution is -2.36. The van der Waals surface area contributed by atoms with Crippen LogP contribution in [-0.4, -0.2) is 18.4 Å². The third-order valence-corrected chi connectivity index (χ3v) is 3.22. The standard InChI is InChI=1S/C14H18FNO/c15-12-6-4-5-11(9-12)10-14(17)13-7-2-1-3-8-16-13/h4-6,9,13,16H,1-3,7-8,10H2. The number of Topliss-reactive ketones (excluding diaryl/α,β-unsaturated/α-hetero) is 1. The first kappa shape index (κ1) is 12.2. The summed E-state index contributed by atoms with van der Waals surface area (Å²) in [5, 5.41) is 3.27. The van der Waals surface area contributed by atoms with E-state index in [0.717, 1.165) is 31.4 Å². The van der Waals surface area contributed by atoms with Gasteiger partial charge in [0.2, 0.25) is 0 Å². The van der Waals surface area contributed by atoms with Crippen LogP contribution in [0, 0.1) is 5.82 Å². The molecule has 0 aliphatic carbocycles. The second kappa shape index (κ2) is 5.92. The van der Waals surface area contributed by atoms with Crippen molar-refractivity contribution in [2.24, 2.45) is 0 Å². The summed E-state index contributed by atoms with van der Waals surface area (Å²) in [6.07, 6.45) is 4.68. The minimum absolute atomic E-state index is 0.0410. The van der Waals surface area contributed by atoms with E-state index in [2.05, 4.69) is 5.32 Å². The van der Waals surface area contributed by atoms with Gasteiger partial charge in [0.05, 0.1) is 6.04 Å². The van der Waals surface area contributed by atoms with E-state index in [4.69, 9.17) is 0 Å². The monoisotopic (exact) mass is 235 g/mol. The number of halogens is 1. The summed E-state index contributed by atoms with van der Waals surface area (Å²) in [5.41, 5.74) is 0.765. The van der Waals surface area contributed by atoms with Crippen LogP contribution in [-0.2, 0) is 11.2 Å². The van der Waals surface area contributed by atoms with Gasteiger partial charge in [-0.25, -0.2) is 4.39 Å². The Morgan fingerprint density at radius 2 is 2.24 bits per heavy atom. The van der Waals surface area contributed by atoms with Crippen molar-refractivity contribution in [2.75, 3.05) is 6.54 Å². The fourth-order valence-corrected chi connectivity index (χ4v) is 2.27. The molecule has 1 fully saturated rings. The van der Waals surface area contributed by atoms with Gasteiger partial charge in [-0.15, -0.1) is 0 Å². The Kier molecular flexibility index (Phi) is 4.26. The summed E-state index contributed by atoms with van der Waals surface area (Å²) in [4.78, 5) is 12.0. The van der Waals surface area contributed by atoms with Crippen LogP contribution in [0.3, 0.4) is 0 Å². The van der Waals surface area contributed by atoms with Crippen molar-refractivity contribution < 1.29 is 9.18 Å². The average Bonchev–Trinajstić information content (AvgIpc) is 2.57. The molecule has 0 spiro atoms. The van der Waals surface area contributed by atoms with Crippen LogP contribution in [0.1, 0.15) is 31.2 Å². The van der Waals surface area contributed by atoms with Gasteiger partial charge in [-0.1, -0.05) is 25.0 Å². The molecule has 1 aromatic rings. The number of nitrogens with one attached hydrogen (secondary N) is 1. The molecule has 17 heavy (non-hydrogen) atoms. The molecule has 0 bridgehead atoms. The van der Waals surface area contributed by atoms with Crippen molar-refractivity contribution in [1.29, 1.82) is 0 Å². The molecule has 92 valence electrons. The minimum Gasteiger partial charge on any atom is -0.307 e. The Balaban J connectivity index is 1.95. The Hall–Kier alpha value is -1.22. The number of benzene rings is 1. The first-order chi connectivity index (χ1) is 8.25. The van der Waals surface area contributed by atoms with Crippen LogP contribution in [0.2, 0.25) is 0 Å². The van der Waals surface area contributed by atoms with Crippen molar-refractivity contribution >= 4 is 5.78 Å². The molecule has 3 heteroatoms. The van der Waals surface area contributed by atoms with Gasteiger partial charge >= 0.3 is 0 Å². The zero-order valence-electron chi connectivity index (χ0n) is 9.92. The summed E-state index contributed by atoms with van der Waals surface area (Å²) in [7, 11) is 0. The average molecular weight is 235 g/mol. The van der Waals surface area contributed by atoms with E-state index in [9.17, 15) is 9.18 Å². The SMILES string of the molecule is O=C(Cc1cccc(F)c1)C1CCCCCN1. The van der Waals surface area contributed by atoms with Crippen LogP contribution >= 0.6 is 0 Å². The smallest absolute Gasteiger partial charge is 0.154 e. The molecule has 2 nitrogen and oxygen atoms in total. The quantitative estimate of drug-likeness (QED) is 0.872. The molecule has 1 heterocycles. The maximum Gasteiger partial charge on any atom is 0.154 e. The van der Waals surface area contributed by atoms with Crippen LogP contribution in [0.5, 0.6) is 0 Å². The summed E-state index contributed by atoms with van der Waals surface area (Å²) in [6, 6.07) is 6.25. The van der Waals surface area contributed by atoms with E-state index >= 15 is 0 Å². The highest BCUT2D eigenvalue weighted by Gasteiger charge is 2.19. The van der Waals surface area contributed by atoms with Crippen molar-refractivity contribution in [3.63, 3.8) is 0 Å². The summed E-state index contributed by atoms with van der Waals surface area (Å²) in [6.45, 7) is 0.916. The lowest BCUT2D eigenvalue weighted by Gasteiger charge is -2.14. The van der Waals surface area contributed by atoms with Gasteiger partial charge in [0.15, 0.2) is 5.78 Å². The molecule has 0 radical (unpaired) electrons. The molecule has 1 atom stereocenters. The highest BCUT2D eigenvalue weighted by atomic mass is 19.1. The van der Waals surface area contributed by atoms with Gasteiger partial charge in [-0.05, 0) is 37.1 Å². The highest BCUT2D eigenvalue weighted by Crippen LogP contribution is 2.12. The molecule has 0 saturated carbocycles. The van der Waals surface area contributed by atoms with Gasteiger partial charge in [0.25, 0.3) is 0 Å². The molecule has 1 aliphatic heterocycles. The normalized spacial score (nSPS) is 20.9. The second-order valence-corrected chi connectivity index (χ2v) is 4.63. The van der Waals surface area contributed by atoms with E-state index in [0.29, 0.717) is 6.42 Å². The Labute approximate surface area is 101 Å². The molecule has 1 aliphatic rings. The van der Waals surface area contributed by atoms with Crippen molar-refractivity contribution in [1.82, 2.24) is 5.32 Å². The predicted octanol–water partition coefficient (Wildman–Crippen LogP) is 2.47. The molecular weight excluding hydrogens is 217 g/mol. The lowest BCUT2D eigenvalue weighted by molar-refractivity contribution is -0.120. The third kappa shape index (κ3) is 3.63. The predicted molar refractivity (Wildman–Crippen MR) is 65.4 cm³/mol. The van der Waals surface area contributed by atoms with E-state index in [1.54, 1.807) is 12.1 Å². The molecule has 1 unspecified atom stereocenters. The number of hydrogen-bond donors (Lipinski definition) is 1. The fourth-order valence-electron chi connectivity index (χ4n) is 2.27. The lowest BCUT2D eigenvalue weighted by atomic mass is 10.0. The molecule has 0 aromatic heterocycles. The Morgan fingerprint density at radius 3 is 3.06 bits per heavy atom. The fraction of sp³-hybridized carbons (Fsp3) is 0.500. The minimum atomic E-state index is -0.274. The Bertz CT molecular complexity index is 384. The number of ketones is 1.